The summed E-state index contributed by atoms with van der Waals surface area (Å²) in [5.41, 5.74) is 0. The van der Waals surface area contributed by atoms with E-state index in [0.29, 0.717) is 6.42 Å². The van der Waals surface area contributed by atoms with Crippen molar-refractivity contribution in [1.29, 1.82) is 0 Å². The topological polar surface area (TPSA) is 69.6 Å². The van der Waals surface area contributed by atoms with Crippen molar-refractivity contribution in [2.45, 2.75) is 334 Å². The molecule has 0 bridgehead atoms. The molecular weight excluding hydrogens is 759 g/mol. The summed E-state index contributed by atoms with van der Waals surface area (Å²) in [5.74, 6) is -0.0599. The van der Waals surface area contributed by atoms with E-state index in [2.05, 4.69) is 31.3 Å². The van der Waals surface area contributed by atoms with Crippen molar-refractivity contribution in [3.63, 3.8) is 0 Å². The molecule has 0 rings (SSSR count). The molecule has 2 atom stereocenters. The van der Waals surface area contributed by atoms with Crippen LogP contribution in [0.25, 0.3) is 0 Å². The molecule has 4 heteroatoms. The zero-order valence-corrected chi connectivity index (χ0v) is 42.4. The average molecular weight is 873 g/mol. The largest absolute Gasteiger partial charge is 0.394 e. The van der Waals surface area contributed by atoms with E-state index >= 15 is 0 Å². The highest BCUT2D eigenvalue weighted by atomic mass is 16.3. The van der Waals surface area contributed by atoms with Gasteiger partial charge in [0.2, 0.25) is 5.91 Å². The molecule has 0 fully saturated rings. The molecule has 0 spiro atoms. The number of hydrogen-bond donors (Lipinski definition) is 3. The van der Waals surface area contributed by atoms with E-state index in [1.165, 1.54) is 276 Å². The number of nitrogens with one attached hydrogen (secondary N) is 1. The Morgan fingerprint density at radius 3 is 0.887 bits per heavy atom. The number of aliphatic hydroxyl groups is 2. The molecule has 0 aliphatic heterocycles. The van der Waals surface area contributed by atoms with Gasteiger partial charge in [0.1, 0.15) is 0 Å². The molecule has 0 heterocycles. The Balaban J connectivity index is 3.47. The van der Waals surface area contributed by atoms with Crippen LogP contribution in [0.3, 0.4) is 0 Å². The van der Waals surface area contributed by atoms with E-state index in [9.17, 15) is 15.0 Å². The summed E-state index contributed by atoms with van der Waals surface area (Å²) in [6.07, 6.45) is 72.0. The fourth-order valence-corrected chi connectivity index (χ4v) is 9.06. The van der Waals surface area contributed by atoms with Crippen molar-refractivity contribution in [1.82, 2.24) is 5.32 Å². The Kier molecular flexibility index (Phi) is 53.2. The Labute approximate surface area is 389 Å². The van der Waals surface area contributed by atoms with Gasteiger partial charge < -0.3 is 15.5 Å². The molecule has 0 saturated heterocycles. The molecule has 3 N–H and O–H groups in total. The third kappa shape index (κ3) is 49.9. The first kappa shape index (κ1) is 60.9. The minimum Gasteiger partial charge on any atom is -0.394 e. The highest BCUT2D eigenvalue weighted by Gasteiger charge is 2.18. The Bertz CT molecular complexity index is 901. The molecule has 0 aromatic rings. The second kappa shape index (κ2) is 54.2. The molecule has 0 aromatic carbocycles. The first-order valence-electron chi connectivity index (χ1n) is 28.6. The number of allylic oxidation sites excluding steroid dienone is 3. The molecule has 368 valence electrons. The van der Waals surface area contributed by atoms with E-state index in [-0.39, 0.29) is 12.5 Å². The first-order chi connectivity index (χ1) is 30.7. The van der Waals surface area contributed by atoms with Crippen LogP contribution in [0.15, 0.2) is 24.3 Å². The number of hydrogen-bond acceptors (Lipinski definition) is 3. The van der Waals surface area contributed by atoms with Crippen molar-refractivity contribution in [2.75, 3.05) is 6.61 Å². The Morgan fingerprint density at radius 2 is 0.613 bits per heavy atom. The Morgan fingerprint density at radius 1 is 0.371 bits per heavy atom. The van der Waals surface area contributed by atoms with E-state index in [0.717, 1.165) is 25.7 Å². The van der Waals surface area contributed by atoms with Crippen LogP contribution in [-0.2, 0) is 4.79 Å². The van der Waals surface area contributed by atoms with Gasteiger partial charge in [0.25, 0.3) is 0 Å². The molecule has 0 radical (unpaired) electrons. The van der Waals surface area contributed by atoms with Crippen LogP contribution in [0, 0.1) is 0 Å². The van der Waals surface area contributed by atoms with E-state index in [1.54, 1.807) is 6.08 Å². The quantitative estimate of drug-likeness (QED) is 0.0421. The lowest BCUT2D eigenvalue weighted by molar-refractivity contribution is -0.123. The molecule has 4 nitrogen and oxygen atoms in total. The zero-order valence-electron chi connectivity index (χ0n) is 42.4. The van der Waals surface area contributed by atoms with Crippen LogP contribution in [0.5, 0.6) is 0 Å². The molecule has 2 unspecified atom stereocenters. The molecule has 0 aliphatic carbocycles. The maximum atomic E-state index is 12.5. The number of aliphatic hydroxyl groups excluding tert-OH is 2. The van der Waals surface area contributed by atoms with Crippen LogP contribution in [0.4, 0.5) is 0 Å². The van der Waals surface area contributed by atoms with Crippen molar-refractivity contribution >= 4 is 5.91 Å². The maximum Gasteiger partial charge on any atom is 0.220 e. The highest BCUT2D eigenvalue weighted by molar-refractivity contribution is 5.76. The maximum absolute atomic E-state index is 12.5. The predicted molar refractivity (Wildman–Crippen MR) is 276 cm³/mol. The third-order valence-corrected chi connectivity index (χ3v) is 13.4. The zero-order chi connectivity index (χ0) is 44.9. The standard InChI is InChI=1S/C58H113NO3/c1-3-5-7-9-11-13-15-17-19-21-23-25-27-29-30-32-34-36-38-40-42-44-46-48-50-52-54-58(62)59-56(55-60)57(61)53-51-49-47-45-43-41-39-37-35-33-31-28-26-24-22-20-18-16-14-12-10-8-6-4-2/h29-30,51,53,56-57,60-61H,3-28,31-50,52,54-55H2,1-2H3,(H,59,62)/b30-29-,53-51+. The summed E-state index contributed by atoms with van der Waals surface area (Å²) >= 11 is 0. The monoisotopic (exact) mass is 872 g/mol. The van der Waals surface area contributed by atoms with E-state index in [4.69, 9.17) is 0 Å². The average Bonchev–Trinajstić information content (AvgIpc) is 3.28. The van der Waals surface area contributed by atoms with Gasteiger partial charge in [0.05, 0.1) is 18.8 Å². The lowest BCUT2D eigenvalue weighted by atomic mass is 10.0. The SMILES string of the molecule is CCCCCCCCCCCCCC/C=C\CCCCCCCCCCCCC(=O)NC(CO)C(O)/C=C/CCCCCCCCCCCCCCCCCCCCCCCC. The first-order valence-corrected chi connectivity index (χ1v) is 28.6. The number of carbonyl (C=O) groups is 1. The van der Waals surface area contributed by atoms with Crippen LogP contribution in [-0.4, -0.2) is 34.9 Å². The van der Waals surface area contributed by atoms with Crippen LogP contribution in [0.1, 0.15) is 322 Å². The highest BCUT2D eigenvalue weighted by Crippen LogP contribution is 2.17. The van der Waals surface area contributed by atoms with Crippen molar-refractivity contribution in [3.8, 4) is 0 Å². The van der Waals surface area contributed by atoms with Crippen molar-refractivity contribution in [3.05, 3.63) is 24.3 Å². The van der Waals surface area contributed by atoms with Gasteiger partial charge in [0.15, 0.2) is 0 Å². The van der Waals surface area contributed by atoms with Gasteiger partial charge in [-0.2, -0.15) is 0 Å². The van der Waals surface area contributed by atoms with Crippen LogP contribution >= 0.6 is 0 Å². The fourth-order valence-electron chi connectivity index (χ4n) is 9.06. The van der Waals surface area contributed by atoms with Gasteiger partial charge in [-0.3, -0.25) is 4.79 Å². The summed E-state index contributed by atoms with van der Waals surface area (Å²) in [6, 6.07) is -0.622. The minimum absolute atomic E-state index is 0.0599. The lowest BCUT2D eigenvalue weighted by Gasteiger charge is -2.20. The van der Waals surface area contributed by atoms with Crippen LogP contribution in [0.2, 0.25) is 0 Å². The number of amides is 1. The third-order valence-electron chi connectivity index (χ3n) is 13.4. The number of carbonyl (C=O) groups excluding carboxylic acids is 1. The number of unbranched alkanes of at least 4 members (excludes halogenated alkanes) is 44. The number of rotatable bonds is 53. The van der Waals surface area contributed by atoms with Gasteiger partial charge >= 0.3 is 0 Å². The molecule has 1 amide bonds. The molecule has 62 heavy (non-hydrogen) atoms. The smallest absolute Gasteiger partial charge is 0.220 e. The van der Waals surface area contributed by atoms with Gasteiger partial charge in [-0.25, -0.2) is 0 Å². The van der Waals surface area contributed by atoms with Crippen molar-refractivity contribution in [2.24, 2.45) is 0 Å². The minimum atomic E-state index is -0.839. The second-order valence-corrected chi connectivity index (χ2v) is 19.7. The van der Waals surface area contributed by atoms with Gasteiger partial charge in [-0.1, -0.05) is 295 Å². The van der Waals surface area contributed by atoms with E-state index < -0.39 is 12.1 Å². The van der Waals surface area contributed by atoms with Crippen LogP contribution < -0.4 is 5.32 Å². The van der Waals surface area contributed by atoms with E-state index in [1.807, 2.05) is 6.08 Å². The summed E-state index contributed by atoms with van der Waals surface area (Å²) in [6.45, 7) is 4.35. The molecule has 0 aromatic heterocycles. The fraction of sp³-hybridized carbons (Fsp3) is 0.914. The molecular formula is C58H113NO3. The summed E-state index contributed by atoms with van der Waals surface area (Å²) in [4.78, 5) is 12.5. The summed E-state index contributed by atoms with van der Waals surface area (Å²) in [5, 5.41) is 23.2. The van der Waals surface area contributed by atoms with Crippen molar-refractivity contribution < 1.29 is 15.0 Å². The Hall–Kier alpha value is -1.13. The normalized spacial score (nSPS) is 12.9. The second-order valence-electron chi connectivity index (χ2n) is 19.7. The molecule has 0 aliphatic rings. The van der Waals surface area contributed by atoms with Gasteiger partial charge in [0, 0.05) is 6.42 Å². The molecule has 0 saturated carbocycles. The summed E-state index contributed by atoms with van der Waals surface area (Å²) in [7, 11) is 0. The lowest BCUT2D eigenvalue weighted by Crippen LogP contribution is -2.45. The van der Waals surface area contributed by atoms with Gasteiger partial charge in [-0.15, -0.1) is 0 Å². The predicted octanol–water partition coefficient (Wildman–Crippen LogP) is 18.7. The summed E-state index contributed by atoms with van der Waals surface area (Å²) < 4.78 is 0. The van der Waals surface area contributed by atoms with Gasteiger partial charge in [-0.05, 0) is 44.9 Å².